The van der Waals surface area contributed by atoms with Crippen molar-refractivity contribution in [1.29, 1.82) is 0 Å². The highest BCUT2D eigenvalue weighted by molar-refractivity contribution is 5.87. The van der Waals surface area contributed by atoms with Gasteiger partial charge in [0.2, 0.25) is 0 Å². The number of carbonyl (C=O) groups excluding carboxylic acids is 1. The summed E-state index contributed by atoms with van der Waals surface area (Å²) in [6, 6.07) is 3.59. The van der Waals surface area contributed by atoms with Crippen LogP contribution in [0.4, 0.5) is 8.78 Å². The first-order chi connectivity index (χ1) is 12.8. The zero-order valence-electron chi connectivity index (χ0n) is 15.3. The molecule has 1 atom stereocenters. The van der Waals surface area contributed by atoms with Gasteiger partial charge in [0, 0.05) is 29.5 Å². The molecule has 2 aliphatic rings. The Bertz CT molecular complexity index is 982. The second-order valence-corrected chi connectivity index (χ2v) is 7.39. The van der Waals surface area contributed by atoms with Crippen LogP contribution in [0.1, 0.15) is 36.5 Å². The molecule has 1 saturated heterocycles. The van der Waals surface area contributed by atoms with E-state index in [4.69, 9.17) is 9.15 Å². The SMILES string of the molecule is Cc1c(OC(C)C(=O)N2CCC(F)(F)C2)ccc2c3c(c(=O)oc12)CCC3. The van der Waals surface area contributed by atoms with Gasteiger partial charge < -0.3 is 14.1 Å². The molecular formula is C20H21F2NO4. The summed E-state index contributed by atoms with van der Waals surface area (Å²) in [6.45, 7) is 2.76. The Morgan fingerprint density at radius 1 is 1.30 bits per heavy atom. The van der Waals surface area contributed by atoms with Gasteiger partial charge in [0.25, 0.3) is 11.8 Å². The van der Waals surface area contributed by atoms with Gasteiger partial charge in [0.1, 0.15) is 11.3 Å². The number of likely N-dealkylation sites (tertiary alicyclic amines) is 1. The van der Waals surface area contributed by atoms with Gasteiger partial charge in [-0.05, 0) is 50.8 Å². The van der Waals surface area contributed by atoms with E-state index < -0.39 is 24.5 Å². The third-order valence-corrected chi connectivity index (χ3v) is 5.47. The Morgan fingerprint density at radius 2 is 2.04 bits per heavy atom. The number of amides is 1. The van der Waals surface area contributed by atoms with Crippen molar-refractivity contribution in [3.8, 4) is 5.75 Å². The number of halogens is 2. The molecule has 27 heavy (non-hydrogen) atoms. The molecule has 1 unspecified atom stereocenters. The van der Waals surface area contributed by atoms with E-state index in [9.17, 15) is 18.4 Å². The van der Waals surface area contributed by atoms with Gasteiger partial charge in [-0.2, -0.15) is 0 Å². The number of nitrogens with zero attached hydrogens (tertiary/aromatic N) is 1. The van der Waals surface area contributed by atoms with E-state index in [0.717, 1.165) is 40.7 Å². The first kappa shape index (κ1) is 17.9. The highest BCUT2D eigenvalue weighted by Crippen LogP contribution is 2.34. The van der Waals surface area contributed by atoms with Crippen LogP contribution >= 0.6 is 0 Å². The summed E-state index contributed by atoms with van der Waals surface area (Å²) in [5, 5.41) is 0.894. The second-order valence-electron chi connectivity index (χ2n) is 7.39. The zero-order chi connectivity index (χ0) is 19.3. The number of fused-ring (bicyclic) bond motifs is 3. The van der Waals surface area contributed by atoms with Crippen LogP contribution in [0.3, 0.4) is 0 Å². The van der Waals surface area contributed by atoms with E-state index >= 15 is 0 Å². The highest BCUT2D eigenvalue weighted by Gasteiger charge is 2.41. The molecule has 2 aromatic rings. The molecule has 1 aromatic carbocycles. The molecule has 1 aliphatic carbocycles. The standard InChI is InChI=1S/C20H21F2NO4/c1-11-16(26-12(2)18(24)23-9-8-20(21,22)10-23)7-6-14-13-4-3-5-15(13)19(25)27-17(11)14/h6-7,12H,3-5,8-10H2,1-2H3. The van der Waals surface area contributed by atoms with Gasteiger partial charge in [-0.15, -0.1) is 0 Å². The predicted molar refractivity (Wildman–Crippen MR) is 95.5 cm³/mol. The average molecular weight is 377 g/mol. The molecule has 4 rings (SSSR count). The van der Waals surface area contributed by atoms with Crippen LogP contribution in [0.5, 0.6) is 5.75 Å². The van der Waals surface area contributed by atoms with E-state index in [1.165, 1.54) is 0 Å². The molecule has 0 saturated carbocycles. The second kappa shape index (κ2) is 6.32. The first-order valence-electron chi connectivity index (χ1n) is 9.18. The molecule has 0 radical (unpaired) electrons. The molecule has 1 aliphatic heterocycles. The molecule has 0 bridgehead atoms. The molecular weight excluding hydrogens is 356 g/mol. The van der Waals surface area contributed by atoms with Crippen LogP contribution in [-0.2, 0) is 17.6 Å². The minimum atomic E-state index is -2.84. The predicted octanol–water partition coefficient (Wildman–Crippen LogP) is 3.23. The number of ether oxygens (including phenoxy) is 1. The molecule has 1 aromatic heterocycles. The zero-order valence-corrected chi connectivity index (χ0v) is 15.3. The third kappa shape index (κ3) is 3.09. The molecule has 0 spiro atoms. The average Bonchev–Trinajstić information content (AvgIpc) is 3.24. The number of aryl methyl sites for hydroxylation is 2. The van der Waals surface area contributed by atoms with Crippen LogP contribution in [0, 0.1) is 6.92 Å². The lowest BCUT2D eigenvalue weighted by molar-refractivity contribution is -0.138. The van der Waals surface area contributed by atoms with E-state index in [2.05, 4.69) is 0 Å². The summed E-state index contributed by atoms with van der Waals surface area (Å²) in [6.07, 6.45) is 1.28. The smallest absolute Gasteiger partial charge is 0.339 e. The monoisotopic (exact) mass is 377 g/mol. The topological polar surface area (TPSA) is 59.8 Å². The van der Waals surface area contributed by atoms with Crippen LogP contribution < -0.4 is 10.4 Å². The largest absolute Gasteiger partial charge is 0.480 e. The first-order valence-corrected chi connectivity index (χ1v) is 9.18. The molecule has 2 heterocycles. The van der Waals surface area contributed by atoms with Crippen molar-refractivity contribution < 1.29 is 22.7 Å². The Balaban J connectivity index is 1.61. The lowest BCUT2D eigenvalue weighted by Crippen LogP contribution is -2.40. The Hall–Kier alpha value is -2.44. The summed E-state index contributed by atoms with van der Waals surface area (Å²) >= 11 is 0. The maximum Gasteiger partial charge on any atom is 0.339 e. The van der Waals surface area contributed by atoms with Crippen molar-refractivity contribution in [2.24, 2.45) is 0 Å². The molecule has 144 valence electrons. The minimum Gasteiger partial charge on any atom is -0.480 e. The number of hydrogen-bond acceptors (Lipinski definition) is 4. The maximum atomic E-state index is 13.4. The van der Waals surface area contributed by atoms with Crippen LogP contribution in [0.25, 0.3) is 11.0 Å². The number of carbonyl (C=O) groups is 1. The van der Waals surface area contributed by atoms with Crippen LogP contribution in [0.2, 0.25) is 0 Å². The van der Waals surface area contributed by atoms with E-state index in [-0.39, 0.29) is 18.6 Å². The Labute approximate surface area is 154 Å². The Morgan fingerprint density at radius 3 is 2.74 bits per heavy atom. The number of alkyl halides is 2. The van der Waals surface area contributed by atoms with Gasteiger partial charge in [0.15, 0.2) is 6.10 Å². The van der Waals surface area contributed by atoms with Gasteiger partial charge >= 0.3 is 5.63 Å². The van der Waals surface area contributed by atoms with E-state index in [1.54, 1.807) is 19.9 Å². The number of rotatable bonds is 3. The fraction of sp³-hybridized carbons (Fsp3) is 0.500. The van der Waals surface area contributed by atoms with Gasteiger partial charge in [-0.3, -0.25) is 4.79 Å². The summed E-state index contributed by atoms with van der Waals surface area (Å²) in [7, 11) is 0. The lowest BCUT2D eigenvalue weighted by Gasteiger charge is -2.22. The summed E-state index contributed by atoms with van der Waals surface area (Å²) in [5.41, 5.74) is 2.54. The summed E-state index contributed by atoms with van der Waals surface area (Å²) < 4.78 is 38.0. The fourth-order valence-corrected chi connectivity index (χ4v) is 4.01. The number of hydrogen-bond donors (Lipinski definition) is 0. The highest BCUT2D eigenvalue weighted by atomic mass is 19.3. The molecule has 0 N–H and O–H groups in total. The van der Waals surface area contributed by atoms with Crippen molar-refractivity contribution in [1.82, 2.24) is 4.90 Å². The van der Waals surface area contributed by atoms with Crippen molar-refractivity contribution in [3.63, 3.8) is 0 Å². The number of benzene rings is 1. The van der Waals surface area contributed by atoms with Gasteiger partial charge in [-0.25, -0.2) is 13.6 Å². The molecule has 1 fully saturated rings. The maximum absolute atomic E-state index is 13.4. The van der Waals surface area contributed by atoms with Crippen molar-refractivity contribution in [3.05, 3.63) is 39.2 Å². The van der Waals surface area contributed by atoms with E-state index in [1.807, 2.05) is 6.07 Å². The van der Waals surface area contributed by atoms with Crippen LogP contribution in [0.15, 0.2) is 21.3 Å². The third-order valence-electron chi connectivity index (χ3n) is 5.47. The Kier molecular flexibility index (Phi) is 4.20. The quantitative estimate of drug-likeness (QED) is 0.771. The normalized spacial score (nSPS) is 19.3. The van der Waals surface area contributed by atoms with Crippen molar-refractivity contribution in [2.45, 2.75) is 51.6 Å². The minimum absolute atomic E-state index is 0.0250. The van der Waals surface area contributed by atoms with Crippen LogP contribution in [-0.4, -0.2) is 35.9 Å². The summed E-state index contributed by atoms with van der Waals surface area (Å²) in [5.74, 6) is -2.89. The lowest BCUT2D eigenvalue weighted by atomic mass is 10.0. The van der Waals surface area contributed by atoms with E-state index in [0.29, 0.717) is 16.9 Å². The molecule has 7 heteroatoms. The van der Waals surface area contributed by atoms with Crippen molar-refractivity contribution >= 4 is 16.9 Å². The van der Waals surface area contributed by atoms with Gasteiger partial charge in [0.05, 0.1) is 6.54 Å². The molecule has 1 amide bonds. The fourth-order valence-electron chi connectivity index (χ4n) is 4.01. The summed E-state index contributed by atoms with van der Waals surface area (Å²) in [4.78, 5) is 25.8. The molecule has 5 nitrogen and oxygen atoms in total. The van der Waals surface area contributed by atoms with Crippen molar-refractivity contribution in [2.75, 3.05) is 13.1 Å². The van der Waals surface area contributed by atoms with Gasteiger partial charge in [-0.1, -0.05) is 0 Å².